The SMILES string of the molecule is I.NC(=NCC1CCCCS1(=O)=O)NC1CC1. The van der Waals surface area contributed by atoms with E-state index in [9.17, 15) is 8.42 Å². The van der Waals surface area contributed by atoms with Crippen LogP contribution in [-0.2, 0) is 9.84 Å². The van der Waals surface area contributed by atoms with Gasteiger partial charge in [0.1, 0.15) is 0 Å². The second-order valence-electron chi connectivity index (χ2n) is 4.63. The van der Waals surface area contributed by atoms with Gasteiger partial charge >= 0.3 is 0 Å². The molecule has 1 saturated carbocycles. The second-order valence-corrected chi connectivity index (χ2v) is 7.03. The molecule has 0 spiro atoms. The molecule has 0 aromatic rings. The molecule has 1 saturated heterocycles. The van der Waals surface area contributed by atoms with Gasteiger partial charge in [-0.05, 0) is 25.7 Å². The monoisotopic (exact) mass is 373 g/mol. The Morgan fingerprint density at radius 3 is 2.59 bits per heavy atom. The van der Waals surface area contributed by atoms with E-state index in [2.05, 4.69) is 10.3 Å². The zero-order chi connectivity index (χ0) is 11.6. The first kappa shape index (κ1) is 15.0. The number of aliphatic imine (C=N–C) groups is 1. The Balaban J connectivity index is 0.00000144. The lowest BCUT2D eigenvalue weighted by molar-refractivity contribution is 0.541. The minimum absolute atomic E-state index is 0. The van der Waals surface area contributed by atoms with Gasteiger partial charge in [0.05, 0.1) is 17.5 Å². The zero-order valence-corrected chi connectivity index (χ0v) is 12.9. The van der Waals surface area contributed by atoms with Gasteiger partial charge in [-0.15, -0.1) is 24.0 Å². The molecule has 7 heteroatoms. The second kappa shape index (κ2) is 6.21. The van der Waals surface area contributed by atoms with Crippen LogP contribution in [0.3, 0.4) is 0 Å². The van der Waals surface area contributed by atoms with Crippen LogP contribution in [0, 0.1) is 0 Å². The Morgan fingerprint density at radius 2 is 2.00 bits per heavy atom. The molecule has 0 aromatic carbocycles. The lowest BCUT2D eigenvalue weighted by Crippen LogP contribution is -2.36. The van der Waals surface area contributed by atoms with E-state index in [0.29, 0.717) is 24.3 Å². The van der Waals surface area contributed by atoms with Crippen molar-refractivity contribution in [2.24, 2.45) is 10.7 Å². The number of halogens is 1. The highest BCUT2D eigenvalue weighted by Gasteiger charge is 2.28. The summed E-state index contributed by atoms with van der Waals surface area (Å²) in [5.41, 5.74) is 5.66. The number of nitrogens with one attached hydrogen (secondary N) is 1. The number of hydrogen-bond acceptors (Lipinski definition) is 3. The Labute approximate surface area is 120 Å². The molecule has 2 aliphatic rings. The van der Waals surface area contributed by atoms with Crippen molar-refractivity contribution in [3.63, 3.8) is 0 Å². The molecule has 1 heterocycles. The maximum atomic E-state index is 11.7. The standard InChI is InChI=1S/C10H19N3O2S.HI/c11-10(13-8-4-5-8)12-7-9-3-1-2-6-16(9,14)15;/h8-9H,1-7H2,(H3,11,12,13);1H. The molecule has 0 amide bonds. The number of guanidine groups is 1. The predicted molar refractivity (Wildman–Crippen MR) is 79.5 cm³/mol. The van der Waals surface area contributed by atoms with Gasteiger partial charge in [0, 0.05) is 6.04 Å². The number of sulfone groups is 1. The van der Waals surface area contributed by atoms with Crippen molar-refractivity contribution < 1.29 is 8.42 Å². The van der Waals surface area contributed by atoms with Gasteiger partial charge in [0.15, 0.2) is 15.8 Å². The largest absolute Gasteiger partial charge is 0.370 e. The fourth-order valence-corrected chi connectivity index (χ4v) is 3.68. The van der Waals surface area contributed by atoms with E-state index in [1.807, 2.05) is 0 Å². The third-order valence-corrected chi connectivity index (χ3v) is 5.37. The van der Waals surface area contributed by atoms with Crippen LogP contribution < -0.4 is 11.1 Å². The van der Waals surface area contributed by atoms with Crippen LogP contribution >= 0.6 is 24.0 Å². The van der Waals surface area contributed by atoms with Crippen molar-refractivity contribution >= 4 is 39.8 Å². The maximum absolute atomic E-state index is 11.7. The van der Waals surface area contributed by atoms with E-state index in [1.54, 1.807) is 0 Å². The quantitative estimate of drug-likeness (QED) is 0.432. The summed E-state index contributed by atoms with van der Waals surface area (Å²) in [5, 5.41) is 2.73. The van der Waals surface area contributed by atoms with Crippen molar-refractivity contribution in [2.45, 2.75) is 43.4 Å². The lowest BCUT2D eigenvalue weighted by Gasteiger charge is -2.20. The van der Waals surface area contributed by atoms with Crippen molar-refractivity contribution in [2.75, 3.05) is 12.3 Å². The summed E-state index contributed by atoms with van der Waals surface area (Å²) in [6.45, 7) is 0.313. The Hall–Kier alpha value is -0.0500. The fourth-order valence-electron chi connectivity index (χ4n) is 1.91. The van der Waals surface area contributed by atoms with Gasteiger partial charge in [-0.2, -0.15) is 0 Å². The highest BCUT2D eigenvalue weighted by atomic mass is 127. The average Bonchev–Trinajstić information content (AvgIpc) is 2.99. The average molecular weight is 373 g/mol. The van der Waals surface area contributed by atoms with Crippen molar-refractivity contribution in [3.8, 4) is 0 Å². The number of rotatable bonds is 3. The molecule has 2 fully saturated rings. The minimum Gasteiger partial charge on any atom is -0.370 e. The van der Waals surface area contributed by atoms with E-state index >= 15 is 0 Å². The van der Waals surface area contributed by atoms with Gasteiger partial charge in [0.2, 0.25) is 0 Å². The molecule has 100 valence electrons. The van der Waals surface area contributed by atoms with Crippen LogP contribution in [0.25, 0.3) is 0 Å². The molecule has 1 unspecified atom stereocenters. The minimum atomic E-state index is -2.92. The molecular weight excluding hydrogens is 353 g/mol. The normalized spacial score (nSPS) is 28.2. The van der Waals surface area contributed by atoms with Crippen molar-refractivity contribution in [1.82, 2.24) is 5.32 Å². The predicted octanol–water partition coefficient (Wildman–Crippen LogP) is 0.638. The van der Waals surface area contributed by atoms with Crippen LogP contribution in [0.4, 0.5) is 0 Å². The maximum Gasteiger partial charge on any atom is 0.188 e. The summed E-state index contributed by atoms with van der Waals surface area (Å²) in [5.74, 6) is 0.701. The summed E-state index contributed by atoms with van der Waals surface area (Å²) < 4.78 is 23.4. The summed E-state index contributed by atoms with van der Waals surface area (Å²) in [4.78, 5) is 4.13. The molecule has 3 N–H and O–H groups in total. The smallest absolute Gasteiger partial charge is 0.188 e. The van der Waals surface area contributed by atoms with Crippen LogP contribution in [0.15, 0.2) is 4.99 Å². The molecule has 0 aromatic heterocycles. The summed E-state index contributed by atoms with van der Waals surface area (Å²) >= 11 is 0. The van der Waals surface area contributed by atoms with E-state index in [-0.39, 0.29) is 29.2 Å². The van der Waals surface area contributed by atoms with E-state index in [1.165, 1.54) is 0 Å². The Morgan fingerprint density at radius 1 is 1.29 bits per heavy atom. The van der Waals surface area contributed by atoms with E-state index < -0.39 is 9.84 Å². The Kier molecular flexibility index (Phi) is 5.49. The number of nitrogens with zero attached hydrogens (tertiary/aromatic N) is 1. The van der Waals surface area contributed by atoms with E-state index in [0.717, 1.165) is 32.1 Å². The van der Waals surface area contributed by atoms with Gasteiger partial charge < -0.3 is 11.1 Å². The first-order chi connectivity index (χ1) is 7.58. The van der Waals surface area contributed by atoms with Crippen molar-refractivity contribution in [3.05, 3.63) is 0 Å². The molecule has 0 radical (unpaired) electrons. The van der Waals surface area contributed by atoms with Crippen LogP contribution in [0.5, 0.6) is 0 Å². The van der Waals surface area contributed by atoms with Crippen LogP contribution in [0.1, 0.15) is 32.1 Å². The molecule has 1 atom stereocenters. The summed E-state index contributed by atoms with van der Waals surface area (Å²) in [6.07, 6.45) is 4.77. The number of nitrogens with two attached hydrogens (primary N) is 1. The van der Waals surface area contributed by atoms with Gasteiger partial charge in [-0.25, -0.2) is 8.42 Å². The van der Waals surface area contributed by atoms with Crippen LogP contribution in [0.2, 0.25) is 0 Å². The van der Waals surface area contributed by atoms with Crippen LogP contribution in [-0.4, -0.2) is 38.0 Å². The topological polar surface area (TPSA) is 84.5 Å². The fraction of sp³-hybridized carbons (Fsp3) is 0.900. The van der Waals surface area contributed by atoms with E-state index in [4.69, 9.17) is 5.73 Å². The summed E-state index contributed by atoms with van der Waals surface area (Å²) in [6, 6.07) is 0.465. The molecular formula is C10H20IN3O2S. The third-order valence-electron chi connectivity index (χ3n) is 3.11. The molecule has 17 heavy (non-hydrogen) atoms. The zero-order valence-electron chi connectivity index (χ0n) is 9.76. The number of hydrogen-bond donors (Lipinski definition) is 2. The molecule has 5 nitrogen and oxygen atoms in total. The van der Waals surface area contributed by atoms with Gasteiger partial charge in [0.25, 0.3) is 0 Å². The third kappa shape index (κ3) is 4.61. The Bertz CT molecular complexity index is 379. The highest BCUT2D eigenvalue weighted by Crippen LogP contribution is 2.20. The first-order valence-corrected chi connectivity index (χ1v) is 7.57. The van der Waals surface area contributed by atoms with Gasteiger partial charge in [-0.3, -0.25) is 4.99 Å². The molecule has 0 bridgehead atoms. The molecule has 2 rings (SSSR count). The first-order valence-electron chi connectivity index (χ1n) is 5.86. The highest BCUT2D eigenvalue weighted by molar-refractivity contribution is 14.0. The lowest BCUT2D eigenvalue weighted by atomic mass is 10.2. The van der Waals surface area contributed by atoms with Crippen molar-refractivity contribution in [1.29, 1.82) is 0 Å². The van der Waals surface area contributed by atoms with Gasteiger partial charge in [-0.1, -0.05) is 6.42 Å². The molecule has 1 aliphatic carbocycles. The summed E-state index contributed by atoms with van der Waals surface area (Å²) in [7, 11) is -2.92. The molecule has 1 aliphatic heterocycles.